The van der Waals surface area contributed by atoms with E-state index in [0.717, 1.165) is 53.8 Å². The van der Waals surface area contributed by atoms with Crippen LogP contribution in [0.15, 0.2) is 30.7 Å². The predicted octanol–water partition coefficient (Wildman–Crippen LogP) is 4.39. The Hall–Kier alpha value is -2.83. The number of methoxy groups -OCH3 is 1. The maximum Gasteiger partial charge on any atom is 0.182 e. The first-order chi connectivity index (χ1) is 14.6. The zero-order valence-electron chi connectivity index (χ0n) is 18.3. The van der Waals surface area contributed by atoms with Gasteiger partial charge in [-0.2, -0.15) is 0 Å². The molecule has 1 fully saturated rings. The van der Waals surface area contributed by atoms with Crippen molar-refractivity contribution in [2.24, 2.45) is 0 Å². The van der Waals surface area contributed by atoms with Gasteiger partial charge >= 0.3 is 0 Å². The Morgan fingerprint density at radius 2 is 1.97 bits per heavy atom. The smallest absolute Gasteiger partial charge is 0.182 e. The molecule has 0 radical (unpaired) electrons. The SMILES string of the molecule is CCN(Cc1ccc(OC)c(OC2CCCC2)c1)n1cncc2nc(C(C)C)nc1-2. The number of rotatable bonds is 8. The number of aromatic nitrogens is 4. The molecule has 1 saturated carbocycles. The molecule has 0 bridgehead atoms. The number of nitrogens with zero attached hydrogens (tertiary/aromatic N) is 5. The fourth-order valence-corrected chi connectivity index (χ4v) is 3.95. The van der Waals surface area contributed by atoms with Crippen LogP contribution in [0, 0.1) is 0 Å². The molecule has 30 heavy (non-hydrogen) atoms. The van der Waals surface area contributed by atoms with Crippen molar-refractivity contribution in [2.45, 2.75) is 65.0 Å². The number of fused-ring (bicyclic) bond motifs is 1. The summed E-state index contributed by atoms with van der Waals surface area (Å²) < 4.78 is 13.8. The third-order valence-corrected chi connectivity index (χ3v) is 5.65. The van der Waals surface area contributed by atoms with Gasteiger partial charge in [0, 0.05) is 12.5 Å². The summed E-state index contributed by atoms with van der Waals surface area (Å²) in [5.41, 5.74) is 1.97. The first kappa shape index (κ1) is 20.4. The van der Waals surface area contributed by atoms with E-state index in [9.17, 15) is 0 Å². The summed E-state index contributed by atoms with van der Waals surface area (Å²) in [6, 6.07) is 6.19. The van der Waals surface area contributed by atoms with Crippen molar-refractivity contribution in [1.82, 2.24) is 19.6 Å². The van der Waals surface area contributed by atoms with Crippen LogP contribution in [-0.2, 0) is 6.54 Å². The summed E-state index contributed by atoms with van der Waals surface area (Å²) in [7, 11) is 1.69. The largest absolute Gasteiger partial charge is 0.493 e. The van der Waals surface area contributed by atoms with Gasteiger partial charge in [0.25, 0.3) is 0 Å². The number of hydrogen-bond acceptors (Lipinski definition) is 6. The normalized spacial score (nSPS) is 14.6. The summed E-state index contributed by atoms with van der Waals surface area (Å²) >= 11 is 0. The highest BCUT2D eigenvalue weighted by molar-refractivity contribution is 5.51. The van der Waals surface area contributed by atoms with Gasteiger partial charge in [0.2, 0.25) is 0 Å². The second-order valence-electron chi connectivity index (χ2n) is 8.17. The maximum atomic E-state index is 6.27. The zero-order valence-corrected chi connectivity index (χ0v) is 18.3. The fourth-order valence-electron chi connectivity index (χ4n) is 3.95. The van der Waals surface area contributed by atoms with Crippen molar-refractivity contribution in [3.05, 3.63) is 42.1 Å². The maximum absolute atomic E-state index is 6.27. The van der Waals surface area contributed by atoms with Crippen molar-refractivity contribution in [3.63, 3.8) is 0 Å². The molecule has 1 aromatic carbocycles. The van der Waals surface area contributed by atoms with Crippen LogP contribution in [-0.4, -0.2) is 39.4 Å². The summed E-state index contributed by atoms with van der Waals surface area (Å²) in [4.78, 5) is 13.8. The molecule has 0 spiro atoms. The number of ether oxygens (including phenoxy) is 2. The Morgan fingerprint density at radius 3 is 2.67 bits per heavy atom. The van der Waals surface area contributed by atoms with Crippen LogP contribution in [0.25, 0.3) is 11.5 Å². The van der Waals surface area contributed by atoms with E-state index in [1.807, 2.05) is 17.1 Å². The molecule has 0 N–H and O–H groups in total. The van der Waals surface area contributed by atoms with Crippen LogP contribution in [0.1, 0.15) is 63.8 Å². The number of hydrogen-bond donors (Lipinski definition) is 0. The average molecular weight is 410 g/mol. The van der Waals surface area contributed by atoms with Crippen LogP contribution in [0.5, 0.6) is 11.5 Å². The van der Waals surface area contributed by atoms with E-state index in [1.54, 1.807) is 13.3 Å². The van der Waals surface area contributed by atoms with E-state index in [2.05, 4.69) is 47.9 Å². The Balaban J connectivity index is 1.60. The minimum Gasteiger partial charge on any atom is -0.493 e. The molecular weight excluding hydrogens is 378 g/mol. The molecule has 0 unspecified atom stereocenters. The lowest BCUT2D eigenvalue weighted by Crippen LogP contribution is -2.35. The van der Waals surface area contributed by atoms with Gasteiger partial charge in [0.05, 0.1) is 26.0 Å². The van der Waals surface area contributed by atoms with Gasteiger partial charge in [-0.05, 0) is 50.3 Å². The van der Waals surface area contributed by atoms with Crippen LogP contribution in [0.4, 0.5) is 0 Å². The van der Waals surface area contributed by atoms with Crippen molar-refractivity contribution < 1.29 is 9.47 Å². The van der Waals surface area contributed by atoms with Crippen LogP contribution in [0.3, 0.4) is 0 Å². The lowest BCUT2D eigenvalue weighted by molar-refractivity contribution is 0.200. The van der Waals surface area contributed by atoms with E-state index in [1.165, 1.54) is 12.8 Å². The third kappa shape index (κ3) is 4.20. The number of imidazole rings is 1. The molecule has 0 atom stereocenters. The van der Waals surface area contributed by atoms with Gasteiger partial charge in [0.15, 0.2) is 17.3 Å². The van der Waals surface area contributed by atoms with E-state index >= 15 is 0 Å². The zero-order chi connectivity index (χ0) is 21.1. The Morgan fingerprint density at radius 1 is 1.17 bits per heavy atom. The van der Waals surface area contributed by atoms with Gasteiger partial charge in [-0.15, -0.1) is 0 Å². The molecule has 1 aromatic rings. The highest BCUT2D eigenvalue weighted by Gasteiger charge is 2.21. The predicted molar refractivity (Wildman–Crippen MR) is 117 cm³/mol. The van der Waals surface area contributed by atoms with Gasteiger partial charge < -0.3 is 14.5 Å². The Labute approximate surface area is 178 Å². The van der Waals surface area contributed by atoms with E-state index in [4.69, 9.17) is 14.5 Å². The minimum absolute atomic E-state index is 0.276. The second kappa shape index (κ2) is 8.90. The van der Waals surface area contributed by atoms with Crippen LogP contribution in [0.2, 0.25) is 0 Å². The van der Waals surface area contributed by atoms with E-state index in [0.29, 0.717) is 6.54 Å². The van der Waals surface area contributed by atoms with E-state index < -0.39 is 0 Å². The third-order valence-electron chi connectivity index (χ3n) is 5.65. The molecule has 0 saturated heterocycles. The summed E-state index contributed by atoms with van der Waals surface area (Å²) in [6.45, 7) is 7.85. The lowest BCUT2D eigenvalue weighted by atomic mass is 10.2. The van der Waals surface area contributed by atoms with Gasteiger partial charge in [-0.3, -0.25) is 0 Å². The Bertz CT molecular complexity index is 949. The van der Waals surface area contributed by atoms with E-state index in [-0.39, 0.29) is 12.0 Å². The summed E-state index contributed by atoms with van der Waals surface area (Å²) in [5, 5.41) is 2.20. The molecule has 2 heterocycles. The van der Waals surface area contributed by atoms with Gasteiger partial charge in [-0.1, -0.05) is 19.9 Å². The number of benzene rings is 1. The molecule has 3 aliphatic rings. The molecule has 1 aliphatic carbocycles. The molecular formula is C23H31N5O2. The first-order valence-electron chi connectivity index (χ1n) is 10.9. The lowest BCUT2D eigenvalue weighted by Gasteiger charge is -2.27. The van der Waals surface area contributed by atoms with Crippen molar-refractivity contribution >= 4 is 0 Å². The summed E-state index contributed by atoms with van der Waals surface area (Å²) in [6.07, 6.45) is 8.59. The van der Waals surface area contributed by atoms with Gasteiger partial charge in [-0.25, -0.2) is 19.6 Å². The first-order valence-corrected chi connectivity index (χ1v) is 10.9. The monoisotopic (exact) mass is 409 g/mol. The second-order valence-corrected chi connectivity index (χ2v) is 8.17. The topological polar surface area (TPSA) is 65.3 Å². The average Bonchev–Trinajstić information content (AvgIpc) is 3.42. The highest BCUT2D eigenvalue weighted by atomic mass is 16.5. The van der Waals surface area contributed by atoms with Crippen molar-refractivity contribution in [2.75, 3.05) is 18.7 Å². The Kier molecular flexibility index (Phi) is 6.06. The fraction of sp³-hybridized carbons (Fsp3) is 0.522. The molecule has 0 amide bonds. The van der Waals surface area contributed by atoms with Crippen LogP contribution < -0.4 is 14.5 Å². The molecule has 160 valence electrons. The molecule has 0 aromatic heterocycles. The molecule has 7 heteroatoms. The molecule has 7 nitrogen and oxygen atoms in total. The standard InChI is InChI=1S/C23H31N5O2/c1-5-27(28-15-24-13-19-23(28)26-22(25-19)16(2)3)14-17-10-11-20(29-4)21(12-17)30-18-8-6-7-9-18/h10-13,15-16,18H,5-9,14H2,1-4H3. The molecule has 2 aliphatic heterocycles. The van der Waals surface area contributed by atoms with Gasteiger partial charge in [0.1, 0.15) is 17.8 Å². The highest BCUT2D eigenvalue weighted by Crippen LogP contribution is 2.33. The van der Waals surface area contributed by atoms with Crippen molar-refractivity contribution in [3.8, 4) is 23.0 Å². The van der Waals surface area contributed by atoms with Crippen LogP contribution >= 0.6 is 0 Å². The quantitative estimate of drug-likeness (QED) is 0.550. The summed E-state index contributed by atoms with van der Waals surface area (Å²) in [5.74, 6) is 3.58. The minimum atomic E-state index is 0.276. The van der Waals surface area contributed by atoms with Crippen molar-refractivity contribution in [1.29, 1.82) is 0 Å². The molecule has 4 rings (SSSR count).